The molecule has 0 bridgehead atoms. The van der Waals surface area contributed by atoms with E-state index in [1.54, 1.807) is 0 Å². The molecule has 0 aliphatic heterocycles. The van der Waals surface area contributed by atoms with E-state index in [0.29, 0.717) is 23.4 Å². The van der Waals surface area contributed by atoms with Crippen LogP contribution in [0.2, 0.25) is 5.02 Å². The van der Waals surface area contributed by atoms with Crippen molar-refractivity contribution in [3.05, 3.63) is 51.6 Å². The van der Waals surface area contributed by atoms with Crippen molar-refractivity contribution >= 4 is 11.6 Å². The van der Waals surface area contributed by atoms with Gasteiger partial charge in [0.2, 0.25) is 0 Å². The van der Waals surface area contributed by atoms with Crippen LogP contribution < -0.4 is 0 Å². The average molecular weight is 297 g/mol. The van der Waals surface area contributed by atoms with E-state index >= 15 is 0 Å². The molecule has 0 saturated carbocycles. The predicted octanol–water partition coefficient (Wildman–Crippen LogP) is 3.50. The highest BCUT2D eigenvalue weighted by Crippen LogP contribution is 2.28. The summed E-state index contributed by atoms with van der Waals surface area (Å²) in [6.45, 7) is 3.95. The van der Waals surface area contributed by atoms with Gasteiger partial charge in [-0.15, -0.1) is 0 Å². The molecule has 108 valence electrons. The third-order valence-corrected chi connectivity index (χ3v) is 3.99. The van der Waals surface area contributed by atoms with Crippen molar-refractivity contribution in [3.63, 3.8) is 0 Å². The number of aromatic nitrogens is 2. The van der Waals surface area contributed by atoms with E-state index in [-0.39, 0.29) is 0 Å². The zero-order valence-electron chi connectivity index (χ0n) is 11.8. The first-order valence-corrected chi connectivity index (χ1v) is 6.90. The third-order valence-electron chi connectivity index (χ3n) is 3.64. The number of hydrogen-bond acceptors (Lipinski definition) is 2. The molecule has 0 aliphatic rings. The van der Waals surface area contributed by atoms with Gasteiger partial charge < -0.3 is 5.11 Å². The Balaban J connectivity index is 2.12. The molecule has 1 aromatic carbocycles. The van der Waals surface area contributed by atoms with E-state index in [0.717, 1.165) is 17.0 Å². The lowest BCUT2D eigenvalue weighted by molar-refractivity contribution is 0.167. The van der Waals surface area contributed by atoms with Gasteiger partial charge in [-0.25, -0.2) is 4.39 Å². The monoisotopic (exact) mass is 296 g/mol. The zero-order valence-corrected chi connectivity index (χ0v) is 12.6. The van der Waals surface area contributed by atoms with Crippen LogP contribution in [0.4, 0.5) is 4.39 Å². The summed E-state index contributed by atoms with van der Waals surface area (Å²) in [7, 11) is 1.89. The molecule has 3 nitrogen and oxygen atoms in total. The quantitative estimate of drug-likeness (QED) is 0.938. The lowest BCUT2D eigenvalue weighted by Crippen LogP contribution is -2.02. The van der Waals surface area contributed by atoms with E-state index < -0.39 is 11.9 Å². The highest BCUT2D eigenvalue weighted by molar-refractivity contribution is 6.31. The van der Waals surface area contributed by atoms with Crippen molar-refractivity contribution in [1.82, 2.24) is 9.78 Å². The number of benzene rings is 1. The van der Waals surface area contributed by atoms with Crippen LogP contribution in [0.25, 0.3) is 0 Å². The maximum Gasteiger partial charge on any atom is 0.123 e. The minimum absolute atomic E-state index is 0.388. The van der Waals surface area contributed by atoms with Gasteiger partial charge in [0.05, 0.1) is 11.8 Å². The average Bonchev–Trinajstić information content (AvgIpc) is 2.64. The Labute approximate surface area is 123 Å². The molecule has 2 aromatic rings. The molecule has 1 heterocycles. The molecular formula is C15H18ClFN2O. The van der Waals surface area contributed by atoms with Crippen LogP contribution in [0.15, 0.2) is 18.2 Å². The third kappa shape index (κ3) is 3.02. The van der Waals surface area contributed by atoms with Crippen molar-refractivity contribution in [2.24, 2.45) is 7.05 Å². The molecule has 0 amide bonds. The van der Waals surface area contributed by atoms with Gasteiger partial charge in [-0.2, -0.15) is 5.10 Å². The number of aryl methyl sites for hydroxylation is 2. The lowest BCUT2D eigenvalue weighted by atomic mass is 10.00. The van der Waals surface area contributed by atoms with Gasteiger partial charge in [0, 0.05) is 23.3 Å². The number of aliphatic hydroxyl groups excluding tert-OH is 1. The van der Waals surface area contributed by atoms with Gasteiger partial charge in [0.25, 0.3) is 0 Å². The minimum atomic E-state index is -0.780. The molecule has 0 fully saturated rings. The second kappa shape index (κ2) is 5.94. The predicted molar refractivity (Wildman–Crippen MR) is 77.4 cm³/mol. The minimum Gasteiger partial charge on any atom is -0.388 e. The van der Waals surface area contributed by atoms with Crippen LogP contribution in [0.3, 0.4) is 0 Å². The van der Waals surface area contributed by atoms with Crippen molar-refractivity contribution in [2.75, 3.05) is 0 Å². The second-order valence-electron chi connectivity index (χ2n) is 4.99. The highest BCUT2D eigenvalue weighted by Gasteiger charge is 2.15. The number of halogens is 2. The fraction of sp³-hybridized carbons (Fsp3) is 0.400. The van der Waals surface area contributed by atoms with Crippen molar-refractivity contribution in [3.8, 4) is 0 Å². The van der Waals surface area contributed by atoms with E-state index in [1.807, 2.05) is 25.6 Å². The fourth-order valence-corrected chi connectivity index (χ4v) is 2.63. The Morgan fingerprint density at radius 1 is 1.40 bits per heavy atom. The van der Waals surface area contributed by atoms with Crippen LogP contribution in [-0.2, 0) is 13.5 Å². The van der Waals surface area contributed by atoms with Crippen LogP contribution in [0, 0.1) is 19.7 Å². The topological polar surface area (TPSA) is 38.0 Å². The Morgan fingerprint density at radius 3 is 2.70 bits per heavy atom. The number of rotatable bonds is 4. The largest absolute Gasteiger partial charge is 0.388 e. The molecule has 0 saturated heterocycles. The van der Waals surface area contributed by atoms with Crippen LogP contribution in [0.1, 0.15) is 35.0 Å². The Kier molecular flexibility index (Phi) is 4.45. The number of nitrogens with zero attached hydrogens (tertiary/aromatic N) is 2. The molecule has 1 aromatic heterocycles. The highest BCUT2D eigenvalue weighted by atomic mass is 35.5. The van der Waals surface area contributed by atoms with Crippen LogP contribution in [-0.4, -0.2) is 14.9 Å². The summed E-state index contributed by atoms with van der Waals surface area (Å²) in [6.07, 6.45) is 0.382. The van der Waals surface area contributed by atoms with Gasteiger partial charge in [-0.1, -0.05) is 11.6 Å². The fourth-order valence-electron chi connectivity index (χ4n) is 2.39. The zero-order chi connectivity index (χ0) is 14.9. The standard InChI is InChI=1S/C15H18ClFN2O/c1-9-12(10(2)19(3)18-9)5-7-15(20)13-8-11(17)4-6-14(13)16/h4,6,8,15,20H,5,7H2,1-3H3. The van der Waals surface area contributed by atoms with Gasteiger partial charge in [0.1, 0.15) is 5.82 Å². The molecular weight excluding hydrogens is 279 g/mol. The van der Waals surface area contributed by atoms with E-state index in [4.69, 9.17) is 11.6 Å². The van der Waals surface area contributed by atoms with Gasteiger partial charge >= 0.3 is 0 Å². The van der Waals surface area contributed by atoms with Crippen molar-refractivity contribution < 1.29 is 9.50 Å². The summed E-state index contributed by atoms with van der Waals surface area (Å²) in [4.78, 5) is 0. The maximum absolute atomic E-state index is 13.2. The summed E-state index contributed by atoms with van der Waals surface area (Å²) in [6, 6.07) is 4.04. The van der Waals surface area contributed by atoms with Crippen molar-refractivity contribution in [2.45, 2.75) is 32.8 Å². The molecule has 20 heavy (non-hydrogen) atoms. The molecule has 1 unspecified atom stereocenters. The Hall–Kier alpha value is -1.39. The number of aliphatic hydroxyl groups is 1. The molecule has 5 heteroatoms. The van der Waals surface area contributed by atoms with Crippen molar-refractivity contribution in [1.29, 1.82) is 0 Å². The Bertz CT molecular complexity index is 625. The molecule has 2 rings (SSSR count). The van der Waals surface area contributed by atoms with Gasteiger partial charge in [-0.3, -0.25) is 4.68 Å². The normalized spacial score (nSPS) is 12.7. The smallest absolute Gasteiger partial charge is 0.123 e. The van der Waals surface area contributed by atoms with E-state index in [1.165, 1.54) is 18.2 Å². The van der Waals surface area contributed by atoms with Gasteiger partial charge in [-0.05, 0) is 50.5 Å². The number of hydrogen-bond donors (Lipinski definition) is 1. The molecule has 0 radical (unpaired) electrons. The summed E-state index contributed by atoms with van der Waals surface area (Å²) in [5.74, 6) is -0.391. The first kappa shape index (κ1) is 15.0. The van der Waals surface area contributed by atoms with Crippen LogP contribution in [0.5, 0.6) is 0 Å². The van der Waals surface area contributed by atoms with Gasteiger partial charge in [0.15, 0.2) is 0 Å². The van der Waals surface area contributed by atoms with E-state index in [2.05, 4.69) is 5.10 Å². The van der Waals surface area contributed by atoms with E-state index in [9.17, 15) is 9.50 Å². The van der Waals surface area contributed by atoms with Crippen LogP contribution >= 0.6 is 11.6 Å². The maximum atomic E-state index is 13.2. The summed E-state index contributed by atoms with van der Waals surface area (Å²) < 4.78 is 15.0. The lowest BCUT2D eigenvalue weighted by Gasteiger charge is -2.13. The summed E-state index contributed by atoms with van der Waals surface area (Å²) in [5, 5.41) is 14.9. The summed E-state index contributed by atoms with van der Waals surface area (Å²) in [5.41, 5.74) is 3.60. The molecule has 1 atom stereocenters. The SMILES string of the molecule is Cc1nn(C)c(C)c1CCC(O)c1cc(F)ccc1Cl. The molecule has 0 aliphatic carbocycles. The Morgan fingerprint density at radius 2 is 2.10 bits per heavy atom. The first-order valence-electron chi connectivity index (χ1n) is 6.52. The molecule has 0 spiro atoms. The second-order valence-corrected chi connectivity index (χ2v) is 5.40. The first-order chi connectivity index (χ1) is 9.40. The summed E-state index contributed by atoms with van der Waals surface area (Å²) >= 11 is 6.00. The molecule has 1 N–H and O–H groups in total.